The fraction of sp³-hybridized carbons (Fsp3) is 0.538. The summed E-state index contributed by atoms with van der Waals surface area (Å²) < 4.78 is 0. The summed E-state index contributed by atoms with van der Waals surface area (Å²) in [5.74, 6) is 0. The van der Waals surface area contributed by atoms with Crippen molar-refractivity contribution < 1.29 is 5.11 Å². The quantitative estimate of drug-likeness (QED) is 0.724. The van der Waals surface area contributed by atoms with E-state index in [1.165, 1.54) is 22.3 Å². The molecule has 0 bridgehead atoms. The van der Waals surface area contributed by atoms with Crippen molar-refractivity contribution >= 4 is 0 Å². The molecule has 14 heavy (non-hydrogen) atoms. The standard InChI is InChI=1S/C13H20O/c1-8-7-9(2)11(4)12(10(8)3)13(5,6)14/h7,14H,1-6H3. The molecular weight excluding hydrogens is 172 g/mol. The minimum Gasteiger partial charge on any atom is -0.386 e. The molecule has 1 aromatic rings. The van der Waals surface area contributed by atoms with Crippen LogP contribution in [-0.4, -0.2) is 5.11 Å². The van der Waals surface area contributed by atoms with Gasteiger partial charge in [0.05, 0.1) is 5.60 Å². The van der Waals surface area contributed by atoms with Crippen LogP contribution in [0.5, 0.6) is 0 Å². The molecule has 1 N–H and O–H groups in total. The first-order valence-electron chi connectivity index (χ1n) is 5.05. The van der Waals surface area contributed by atoms with E-state index in [-0.39, 0.29) is 0 Å². The predicted octanol–water partition coefficient (Wildman–Crippen LogP) is 3.15. The van der Waals surface area contributed by atoms with Crippen molar-refractivity contribution in [3.8, 4) is 0 Å². The Kier molecular flexibility index (Phi) is 2.73. The Morgan fingerprint density at radius 2 is 1.29 bits per heavy atom. The van der Waals surface area contributed by atoms with Crippen molar-refractivity contribution in [3.63, 3.8) is 0 Å². The van der Waals surface area contributed by atoms with Crippen molar-refractivity contribution in [2.24, 2.45) is 0 Å². The number of hydrogen-bond donors (Lipinski definition) is 1. The van der Waals surface area contributed by atoms with Crippen molar-refractivity contribution in [2.45, 2.75) is 47.1 Å². The Labute approximate surface area is 86.8 Å². The Balaban J connectivity index is 3.56. The maximum absolute atomic E-state index is 10.1. The van der Waals surface area contributed by atoms with Crippen molar-refractivity contribution in [2.75, 3.05) is 0 Å². The van der Waals surface area contributed by atoms with Gasteiger partial charge in [-0.05, 0) is 69.4 Å². The maximum Gasteiger partial charge on any atom is 0.0845 e. The molecule has 0 aromatic heterocycles. The lowest BCUT2D eigenvalue weighted by molar-refractivity contribution is 0.0771. The molecule has 1 heteroatoms. The van der Waals surface area contributed by atoms with Gasteiger partial charge in [0.25, 0.3) is 0 Å². The van der Waals surface area contributed by atoms with Gasteiger partial charge in [0.15, 0.2) is 0 Å². The summed E-state index contributed by atoms with van der Waals surface area (Å²) in [5.41, 5.74) is 5.26. The molecule has 0 aliphatic rings. The van der Waals surface area contributed by atoms with Gasteiger partial charge in [-0.2, -0.15) is 0 Å². The zero-order valence-corrected chi connectivity index (χ0v) is 10.0. The molecule has 0 heterocycles. The minimum atomic E-state index is -0.745. The summed E-state index contributed by atoms with van der Waals surface area (Å²) in [4.78, 5) is 0. The lowest BCUT2D eigenvalue weighted by Crippen LogP contribution is -2.20. The molecule has 0 aliphatic carbocycles. The maximum atomic E-state index is 10.1. The van der Waals surface area contributed by atoms with Crippen LogP contribution in [0.3, 0.4) is 0 Å². The van der Waals surface area contributed by atoms with Crippen LogP contribution in [0, 0.1) is 27.7 Å². The fourth-order valence-corrected chi connectivity index (χ4v) is 2.13. The van der Waals surface area contributed by atoms with Crippen LogP contribution < -0.4 is 0 Å². The van der Waals surface area contributed by atoms with Crippen LogP contribution in [0.25, 0.3) is 0 Å². The van der Waals surface area contributed by atoms with Gasteiger partial charge in [0, 0.05) is 0 Å². The molecular formula is C13H20O. The minimum absolute atomic E-state index is 0.745. The van der Waals surface area contributed by atoms with E-state index in [1.54, 1.807) is 0 Å². The number of aryl methyl sites for hydroxylation is 2. The first-order valence-corrected chi connectivity index (χ1v) is 5.05. The van der Waals surface area contributed by atoms with Crippen LogP contribution in [0.2, 0.25) is 0 Å². The van der Waals surface area contributed by atoms with Crippen molar-refractivity contribution in [1.82, 2.24) is 0 Å². The average Bonchev–Trinajstić information content (AvgIpc) is 1.98. The fourth-order valence-electron chi connectivity index (χ4n) is 2.13. The molecule has 1 rings (SSSR count). The second-order valence-electron chi connectivity index (χ2n) is 4.69. The summed E-state index contributed by atoms with van der Waals surface area (Å²) in [6.07, 6.45) is 0. The lowest BCUT2D eigenvalue weighted by Gasteiger charge is -2.25. The van der Waals surface area contributed by atoms with Crippen LogP contribution in [0.4, 0.5) is 0 Å². The van der Waals surface area contributed by atoms with Gasteiger partial charge in [-0.25, -0.2) is 0 Å². The van der Waals surface area contributed by atoms with E-state index in [2.05, 4.69) is 33.8 Å². The average molecular weight is 192 g/mol. The molecule has 0 saturated carbocycles. The van der Waals surface area contributed by atoms with E-state index in [9.17, 15) is 5.11 Å². The zero-order valence-electron chi connectivity index (χ0n) is 10.0. The lowest BCUT2D eigenvalue weighted by atomic mass is 9.85. The van der Waals surface area contributed by atoms with Gasteiger partial charge in [-0.1, -0.05) is 6.07 Å². The molecule has 0 atom stereocenters. The van der Waals surface area contributed by atoms with Crippen molar-refractivity contribution in [3.05, 3.63) is 33.9 Å². The highest BCUT2D eigenvalue weighted by Crippen LogP contribution is 2.30. The second kappa shape index (κ2) is 3.39. The molecule has 0 unspecified atom stereocenters. The van der Waals surface area contributed by atoms with E-state index in [4.69, 9.17) is 0 Å². The second-order valence-corrected chi connectivity index (χ2v) is 4.69. The first-order chi connectivity index (χ1) is 6.25. The highest BCUT2D eigenvalue weighted by atomic mass is 16.3. The van der Waals surface area contributed by atoms with Gasteiger partial charge in [0.2, 0.25) is 0 Å². The Hall–Kier alpha value is -0.820. The third kappa shape index (κ3) is 1.83. The summed E-state index contributed by atoms with van der Waals surface area (Å²) in [5, 5.41) is 10.1. The molecule has 78 valence electrons. The summed E-state index contributed by atoms with van der Waals surface area (Å²) in [7, 11) is 0. The number of rotatable bonds is 1. The van der Waals surface area contributed by atoms with E-state index >= 15 is 0 Å². The third-order valence-corrected chi connectivity index (χ3v) is 2.98. The van der Waals surface area contributed by atoms with Gasteiger partial charge in [-0.15, -0.1) is 0 Å². The van der Waals surface area contributed by atoms with Crippen LogP contribution in [0.1, 0.15) is 41.7 Å². The molecule has 0 amide bonds. The van der Waals surface area contributed by atoms with E-state index < -0.39 is 5.60 Å². The summed E-state index contributed by atoms with van der Waals surface area (Å²) in [6.45, 7) is 12.0. The molecule has 0 fully saturated rings. The summed E-state index contributed by atoms with van der Waals surface area (Å²) >= 11 is 0. The zero-order chi connectivity index (χ0) is 11.1. The molecule has 0 radical (unpaired) electrons. The largest absolute Gasteiger partial charge is 0.386 e. The SMILES string of the molecule is Cc1cc(C)c(C)c(C(C)(C)O)c1C. The van der Waals surface area contributed by atoms with E-state index in [1.807, 2.05) is 13.8 Å². The molecule has 1 aromatic carbocycles. The highest BCUT2D eigenvalue weighted by Gasteiger charge is 2.22. The van der Waals surface area contributed by atoms with Crippen LogP contribution in [0.15, 0.2) is 6.07 Å². The van der Waals surface area contributed by atoms with Gasteiger partial charge in [0.1, 0.15) is 0 Å². The Morgan fingerprint density at radius 3 is 1.57 bits per heavy atom. The molecule has 0 aliphatic heterocycles. The predicted molar refractivity (Wildman–Crippen MR) is 60.6 cm³/mol. The van der Waals surface area contributed by atoms with Crippen molar-refractivity contribution in [1.29, 1.82) is 0 Å². The van der Waals surface area contributed by atoms with Gasteiger partial charge < -0.3 is 5.11 Å². The van der Waals surface area contributed by atoms with Gasteiger partial charge in [-0.3, -0.25) is 0 Å². The molecule has 0 saturated heterocycles. The Morgan fingerprint density at radius 1 is 0.929 bits per heavy atom. The van der Waals surface area contributed by atoms with Gasteiger partial charge >= 0.3 is 0 Å². The van der Waals surface area contributed by atoms with Crippen LogP contribution in [-0.2, 0) is 5.60 Å². The smallest absolute Gasteiger partial charge is 0.0845 e. The first kappa shape index (κ1) is 11.3. The third-order valence-electron chi connectivity index (χ3n) is 2.98. The highest BCUT2D eigenvalue weighted by molar-refractivity contribution is 5.46. The molecule has 1 nitrogen and oxygen atoms in total. The van der Waals surface area contributed by atoms with Crippen LogP contribution >= 0.6 is 0 Å². The number of hydrogen-bond acceptors (Lipinski definition) is 1. The topological polar surface area (TPSA) is 20.2 Å². The molecule has 0 spiro atoms. The Bertz CT molecular complexity index is 330. The van der Waals surface area contributed by atoms with E-state index in [0.717, 1.165) is 5.56 Å². The number of benzene rings is 1. The normalized spacial score (nSPS) is 11.9. The number of aliphatic hydroxyl groups is 1. The van der Waals surface area contributed by atoms with E-state index in [0.29, 0.717) is 0 Å². The summed E-state index contributed by atoms with van der Waals surface area (Å²) in [6, 6.07) is 2.18. The monoisotopic (exact) mass is 192 g/mol.